The average Bonchev–Trinajstić information content (AvgIpc) is 3.43. The summed E-state index contributed by atoms with van der Waals surface area (Å²) in [6.07, 6.45) is 5.63. The van der Waals surface area contributed by atoms with E-state index >= 15 is 0 Å². The molecule has 1 aromatic heterocycles. The molecule has 4 heterocycles. The van der Waals surface area contributed by atoms with E-state index in [1.165, 1.54) is 55.4 Å². The Hall–Kier alpha value is -3.11. The zero-order valence-electron chi connectivity index (χ0n) is 28.4. The summed E-state index contributed by atoms with van der Waals surface area (Å²) in [5.74, 6) is 2.35. The molecular weight excluding hydrogens is 557 g/mol. The van der Waals surface area contributed by atoms with Gasteiger partial charge in [-0.05, 0) is 76.7 Å². The maximum atomic E-state index is 6.87. The fourth-order valence-corrected chi connectivity index (χ4v) is 8.43. The first-order chi connectivity index (χ1) is 21.0. The Bertz CT molecular complexity index is 1800. The monoisotopic (exact) mass is 606 g/mol. The molecule has 232 valence electrons. The quantitative estimate of drug-likeness (QED) is 0.231. The van der Waals surface area contributed by atoms with Crippen LogP contribution in [0.5, 0.6) is 5.75 Å². The highest BCUT2D eigenvalue weighted by atomic mass is 32.1. The van der Waals surface area contributed by atoms with Gasteiger partial charge in [-0.1, -0.05) is 99.6 Å². The van der Waals surface area contributed by atoms with Crippen LogP contribution in [-0.2, 0) is 10.8 Å². The third-order valence-corrected chi connectivity index (χ3v) is 11.0. The molecular formula is C40H50N2OS. The summed E-state index contributed by atoms with van der Waals surface area (Å²) in [5.41, 5.74) is 10.7. The molecule has 3 aromatic carbocycles. The summed E-state index contributed by atoms with van der Waals surface area (Å²) >= 11 is 1.78. The van der Waals surface area contributed by atoms with Gasteiger partial charge in [-0.2, -0.15) is 0 Å². The molecule has 0 saturated heterocycles. The molecule has 7 rings (SSSR count). The highest BCUT2D eigenvalue weighted by Crippen LogP contribution is 2.57. The lowest BCUT2D eigenvalue weighted by molar-refractivity contribution is 0.388. The van der Waals surface area contributed by atoms with Crippen molar-refractivity contribution < 1.29 is 4.74 Å². The van der Waals surface area contributed by atoms with Crippen LogP contribution >= 0.6 is 11.3 Å². The smallest absolute Gasteiger partial charge is 0.140 e. The van der Waals surface area contributed by atoms with Crippen molar-refractivity contribution in [1.82, 2.24) is 4.98 Å². The molecule has 0 bridgehead atoms. The topological polar surface area (TPSA) is 25.4 Å². The molecule has 0 amide bonds. The molecule has 3 aliphatic heterocycles. The first kappa shape index (κ1) is 30.9. The predicted octanol–water partition coefficient (Wildman–Crippen LogP) is 11.8. The Balaban J connectivity index is 0.00000168. The standard InChI is InChI=1S/C38H44N2OS.C2H6/c1-9-10-11-27-29-21-28-22(2)16-18-40-19-17-38(7,8)32(34(28)40)35(29)41-23(3)31(27)36-39-33-26-14-13-25(37(4,5)6)20-24(26)12-15-30(33)42-36;1-2/h12-15,20-22H,3,9-11,16-19H2,1-2,4-8H3;1-2H3. The van der Waals surface area contributed by atoms with Gasteiger partial charge in [0.25, 0.3) is 0 Å². The van der Waals surface area contributed by atoms with Crippen molar-refractivity contribution in [2.75, 3.05) is 18.0 Å². The number of thiazole rings is 1. The maximum Gasteiger partial charge on any atom is 0.140 e. The first-order valence-corrected chi connectivity index (χ1v) is 17.7. The number of allylic oxidation sites excluding steroid dienone is 2. The molecule has 0 fully saturated rings. The highest BCUT2D eigenvalue weighted by molar-refractivity contribution is 7.19. The van der Waals surface area contributed by atoms with Crippen molar-refractivity contribution in [1.29, 1.82) is 0 Å². The summed E-state index contributed by atoms with van der Waals surface area (Å²) < 4.78 is 8.09. The van der Waals surface area contributed by atoms with Crippen LogP contribution in [0.15, 0.2) is 48.7 Å². The van der Waals surface area contributed by atoms with Crippen molar-refractivity contribution in [2.24, 2.45) is 0 Å². The van der Waals surface area contributed by atoms with Gasteiger partial charge in [0.2, 0.25) is 0 Å². The van der Waals surface area contributed by atoms with E-state index in [4.69, 9.17) is 9.72 Å². The Morgan fingerprint density at radius 1 is 1.09 bits per heavy atom. The summed E-state index contributed by atoms with van der Waals surface area (Å²) in [7, 11) is 0. The summed E-state index contributed by atoms with van der Waals surface area (Å²) in [5, 5.41) is 3.50. The molecule has 3 nitrogen and oxygen atoms in total. The SMILES string of the molecule is C=C1Oc2c(cc3c4c2C(C)(C)CCN4CCC3C)C(CCCC)=C1c1nc2c(ccc3cc(C(C)(C)C)ccc32)s1.CC. The van der Waals surface area contributed by atoms with Gasteiger partial charge >= 0.3 is 0 Å². The highest BCUT2D eigenvalue weighted by Gasteiger charge is 2.42. The lowest BCUT2D eigenvalue weighted by Crippen LogP contribution is -2.42. The van der Waals surface area contributed by atoms with E-state index in [2.05, 4.69) is 96.3 Å². The minimum absolute atomic E-state index is 0.0529. The Morgan fingerprint density at radius 3 is 2.59 bits per heavy atom. The largest absolute Gasteiger partial charge is 0.456 e. The van der Waals surface area contributed by atoms with Crippen molar-refractivity contribution >= 4 is 49.2 Å². The first-order valence-electron chi connectivity index (χ1n) is 16.9. The molecule has 3 aliphatic rings. The van der Waals surface area contributed by atoms with E-state index in [1.807, 2.05) is 13.8 Å². The Morgan fingerprint density at radius 2 is 1.86 bits per heavy atom. The zero-order valence-corrected chi connectivity index (χ0v) is 29.2. The second kappa shape index (κ2) is 11.4. The molecule has 0 spiro atoms. The van der Waals surface area contributed by atoms with Crippen LogP contribution in [0.3, 0.4) is 0 Å². The third kappa shape index (κ3) is 4.98. The van der Waals surface area contributed by atoms with Gasteiger partial charge in [-0.3, -0.25) is 0 Å². The second-order valence-corrected chi connectivity index (χ2v) is 15.5. The van der Waals surface area contributed by atoms with Crippen LogP contribution in [0.25, 0.3) is 32.1 Å². The van der Waals surface area contributed by atoms with Crippen LogP contribution in [-0.4, -0.2) is 18.1 Å². The number of ether oxygens (including phenoxy) is 1. The Labute approximate surface area is 269 Å². The fraction of sp³-hybridized carbons (Fsp3) is 0.475. The number of fused-ring (bicyclic) bond motifs is 5. The van der Waals surface area contributed by atoms with Gasteiger partial charge in [0.05, 0.1) is 15.8 Å². The van der Waals surface area contributed by atoms with E-state index in [0.29, 0.717) is 5.92 Å². The number of benzene rings is 3. The van der Waals surface area contributed by atoms with Crippen molar-refractivity contribution in [3.8, 4) is 5.75 Å². The summed E-state index contributed by atoms with van der Waals surface area (Å²) in [6.45, 7) is 27.1. The molecule has 4 heteroatoms. The molecule has 0 saturated carbocycles. The van der Waals surface area contributed by atoms with Crippen LogP contribution in [0.1, 0.15) is 128 Å². The number of nitrogens with zero attached hydrogens (tertiary/aromatic N) is 2. The van der Waals surface area contributed by atoms with Crippen LogP contribution < -0.4 is 9.64 Å². The number of unbranched alkanes of at least 4 members (excludes halogenated alkanes) is 1. The van der Waals surface area contributed by atoms with Gasteiger partial charge < -0.3 is 9.64 Å². The van der Waals surface area contributed by atoms with Crippen LogP contribution in [0.2, 0.25) is 0 Å². The number of aromatic nitrogens is 1. The maximum absolute atomic E-state index is 6.87. The van der Waals surface area contributed by atoms with Gasteiger partial charge in [0, 0.05) is 35.3 Å². The summed E-state index contributed by atoms with van der Waals surface area (Å²) in [6, 6.07) is 13.9. The third-order valence-electron chi connectivity index (χ3n) is 10.0. The van der Waals surface area contributed by atoms with Gasteiger partial charge in [0.1, 0.15) is 16.5 Å². The molecule has 0 aliphatic carbocycles. The average molecular weight is 607 g/mol. The van der Waals surface area contributed by atoms with E-state index in [9.17, 15) is 0 Å². The zero-order chi connectivity index (χ0) is 31.6. The Kier molecular flexibility index (Phi) is 7.97. The molecule has 1 atom stereocenters. The minimum Gasteiger partial charge on any atom is -0.456 e. The van der Waals surface area contributed by atoms with E-state index in [-0.39, 0.29) is 10.8 Å². The van der Waals surface area contributed by atoms with E-state index < -0.39 is 0 Å². The van der Waals surface area contributed by atoms with Crippen LogP contribution in [0.4, 0.5) is 5.69 Å². The lowest BCUT2D eigenvalue weighted by atomic mass is 9.71. The fourth-order valence-electron chi connectivity index (χ4n) is 7.36. The molecule has 0 radical (unpaired) electrons. The number of anilines is 1. The second-order valence-electron chi connectivity index (χ2n) is 14.5. The van der Waals surface area contributed by atoms with Gasteiger partial charge in [0.15, 0.2) is 0 Å². The number of rotatable bonds is 4. The van der Waals surface area contributed by atoms with Crippen molar-refractivity contribution in [2.45, 2.75) is 111 Å². The lowest BCUT2D eigenvalue weighted by Gasteiger charge is -2.47. The van der Waals surface area contributed by atoms with E-state index in [1.54, 1.807) is 11.3 Å². The molecule has 0 N–H and O–H groups in total. The molecule has 1 unspecified atom stereocenters. The normalized spacial score (nSPS) is 19.0. The van der Waals surface area contributed by atoms with Gasteiger partial charge in [-0.25, -0.2) is 4.98 Å². The minimum atomic E-state index is 0.0529. The van der Waals surface area contributed by atoms with Crippen molar-refractivity contribution in [3.63, 3.8) is 0 Å². The number of hydrogen-bond acceptors (Lipinski definition) is 4. The van der Waals surface area contributed by atoms with E-state index in [0.717, 1.165) is 66.4 Å². The molecule has 4 aromatic rings. The predicted molar refractivity (Wildman–Crippen MR) is 193 cm³/mol. The number of hydrogen-bond donors (Lipinski definition) is 0. The van der Waals surface area contributed by atoms with Crippen molar-refractivity contribution in [3.05, 3.63) is 76.0 Å². The molecule has 44 heavy (non-hydrogen) atoms. The summed E-state index contributed by atoms with van der Waals surface area (Å²) in [4.78, 5) is 7.97. The van der Waals surface area contributed by atoms with Gasteiger partial charge in [-0.15, -0.1) is 11.3 Å². The van der Waals surface area contributed by atoms with Crippen LogP contribution in [0, 0.1) is 0 Å².